The summed E-state index contributed by atoms with van der Waals surface area (Å²) >= 11 is 0. The van der Waals surface area contributed by atoms with Gasteiger partial charge in [0, 0.05) is 5.46 Å². The molecule has 0 saturated carbocycles. The molecule has 2 atom stereocenters. The first-order chi connectivity index (χ1) is 9.45. The van der Waals surface area contributed by atoms with E-state index >= 15 is 0 Å². The van der Waals surface area contributed by atoms with Crippen molar-refractivity contribution in [3.63, 3.8) is 0 Å². The van der Waals surface area contributed by atoms with Crippen molar-refractivity contribution in [2.45, 2.75) is 51.6 Å². The van der Waals surface area contributed by atoms with Crippen LogP contribution in [0, 0.1) is 5.82 Å². The van der Waals surface area contributed by atoms with Crippen molar-refractivity contribution in [1.82, 2.24) is 0 Å². The van der Waals surface area contributed by atoms with E-state index in [9.17, 15) is 4.39 Å². The monoisotopic (exact) mass is 282 g/mol. The zero-order chi connectivity index (χ0) is 14.7. The molecule has 1 aromatic carbocycles. The summed E-state index contributed by atoms with van der Waals surface area (Å²) < 4.78 is 24.8. The van der Waals surface area contributed by atoms with Crippen molar-refractivity contribution in [2.75, 3.05) is 0 Å². The summed E-state index contributed by atoms with van der Waals surface area (Å²) in [5.74, 6) is -0.628. The van der Waals surface area contributed by atoms with Gasteiger partial charge in [-0.1, -0.05) is 12.1 Å². The fourth-order valence-corrected chi connectivity index (χ4v) is 2.58. The Balaban J connectivity index is 1.95. The molecule has 0 aliphatic carbocycles. The molecule has 2 rings (SSSR count). The average Bonchev–Trinajstić information content (AvgIpc) is 2.36. The van der Waals surface area contributed by atoms with Gasteiger partial charge in [-0.25, -0.2) is 4.39 Å². The van der Waals surface area contributed by atoms with Gasteiger partial charge in [-0.2, -0.15) is 0 Å². The third-order valence-electron chi connectivity index (χ3n) is 3.48. The van der Waals surface area contributed by atoms with Crippen LogP contribution in [0.4, 0.5) is 4.39 Å². The van der Waals surface area contributed by atoms with Crippen molar-refractivity contribution >= 4 is 12.6 Å². The molecule has 0 bridgehead atoms. The Morgan fingerprint density at radius 3 is 2.55 bits per heavy atom. The highest BCUT2D eigenvalue weighted by atomic mass is 19.1. The maximum Gasteiger partial charge on any atom is 0.491 e. The highest BCUT2D eigenvalue weighted by molar-refractivity contribution is 6.58. The van der Waals surface area contributed by atoms with Gasteiger partial charge in [0.2, 0.25) is 0 Å². The normalized spacial score (nSPS) is 26.6. The third kappa shape index (κ3) is 4.02. The first-order valence-electron chi connectivity index (χ1n) is 6.87. The molecule has 0 amide bonds. The number of ether oxygens (including phenoxy) is 2. The number of halogens is 1. The van der Waals surface area contributed by atoms with E-state index < -0.39 is 12.9 Å². The molecule has 1 heterocycles. The minimum atomic E-state index is -1.81. The van der Waals surface area contributed by atoms with Crippen LogP contribution >= 0.6 is 0 Å². The molecule has 1 fully saturated rings. The fraction of sp³-hybridized carbons (Fsp3) is 0.571. The predicted octanol–water partition coefficient (Wildman–Crippen LogP) is 0.978. The second-order valence-corrected chi connectivity index (χ2v) is 5.39. The third-order valence-corrected chi connectivity index (χ3v) is 3.48. The molecule has 6 heteroatoms. The lowest BCUT2D eigenvalue weighted by atomic mass is 9.79. The standard InChI is InChI=1S/C14H20BFO4/c1-9-5-12(6-10(2)20-9)19-8-11-3-4-14(16)13(7-11)15(17)18/h3-4,7,9-10,12,17-18H,5-6,8H2,1-2H3. The molecule has 1 aliphatic heterocycles. The van der Waals surface area contributed by atoms with Gasteiger partial charge in [0.15, 0.2) is 0 Å². The van der Waals surface area contributed by atoms with Gasteiger partial charge in [0.25, 0.3) is 0 Å². The summed E-state index contributed by atoms with van der Waals surface area (Å²) in [7, 11) is -1.81. The topological polar surface area (TPSA) is 58.9 Å². The van der Waals surface area contributed by atoms with E-state index in [1.54, 1.807) is 6.07 Å². The number of rotatable bonds is 4. The van der Waals surface area contributed by atoms with E-state index in [0.717, 1.165) is 18.4 Å². The van der Waals surface area contributed by atoms with Gasteiger partial charge in [0.1, 0.15) is 5.82 Å². The molecule has 1 aliphatic rings. The summed E-state index contributed by atoms with van der Waals surface area (Å²) in [4.78, 5) is 0. The number of benzene rings is 1. The Hall–Kier alpha value is -0.945. The molecule has 2 N–H and O–H groups in total. The van der Waals surface area contributed by atoms with Crippen molar-refractivity contribution in [1.29, 1.82) is 0 Å². The van der Waals surface area contributed by atoms with Crippen molar-refractivity contribution in [3.05, 3.63) is 29.6 Å². The summed E-state index contributed by atoms with van der Waals surface area (Å²) in [5, 5.41) is 18.1. The Morgan fingerprint density at radius 1 is 1.30 bits per heavy atom. The van der Waals surface area contributed by atoms with Crippen LogP contribution in [-0.4, -0.2) is 35.5 Å². The van der Waals surface area contributed by atoms with Crippen LogP contribution in [0.1, 0.15) is 32.3 Å². The van der Waals surface area contributed by atoms with Crippen LogP contribution in [0.15, 0.2) is 18.2 Å². The zero-order valence-electron chi connectivity index (χ0n) is 11.8. The Bertz CT molecular complexity index is 445. The molecule has 110 valence electrons. The van der Waals surface area contributed by atoms with Crippen LogP contribution in [-0.2, 0) is 16.1 Å². The minimum Gasteiger partial charge on any atom is -0.423 e. The summed E-state index contributed by atoms with van der Waals surface area (Å²) in [5.41, 5.74) is 0.598. The van der Waals surface area contributed by atoms with Crippen LogP contribution in [0.25, 0.3) is 0 Å². The fourth-order valence-electron chi connectivity index (χ4n) is 2.58. The zero-order valence-corrected chi connectivity index (χ0v) is 11.8. The van der Waals surface area contributed by atoms with Crippen molar-refractivity contribution < 1.29 is 23.9 Å². The van der Waals surface area contributed by atoms with E-state index in [4.69, 9.17) is 19.5 Å². The molecule has 0 aromatic heterocycles. The minimum absolute atomic E-state index is 0.112. The van der Waals surface area contributed by atoms with Crippen LogP contribution in [0.3, 0.4) is 0 Å². The highest BCUT2D eigenvalue weighted by Crippen LogP contribution is 2.22. The van der Waals surface area contributed by atoms with E-state index in [2.05, 4.69) is 0 Å². The van der Waals surface area contributed by atoms with Crippen LogP contribution < -0.4 is 5.46 Å². The first kappa shape index (κ1) is 15.4. The van der Waals surface area contributed by atoms with Crippen LogP contribution in [0.2, 0.25) is 0 Å². The Morgan fingerprint density at radius 2 is 1.95 bits per heavy atom. The lowest BCUT2D eigenvalue weighted by Crippen LogP contribution is -2.34. The van der Waals surface area contributed by atoms with Gasteiger partial charge in [-0.05, 0) is 38.3 Å². The van der Waals surface area contributed by atoms with Gasteiger partial charge >= 0.3 is 7.12 Å². The number of hydrogen-bond donors (Lipinski definition) is 2. The molecular weight excluding hydrogens is 262 g/mol. The Labute approximate surface area is 118 Å². The lowest BCUT2D eigenvalue weighted by Gasteiger charge is -2.32. The molecular formula is C14H20BFO4. The van der Waals surface area contributed by atoms with E-state index in [1.807, 2.05) is 13.8 Å². The summed E-state index contributed by atoms with van der Waals surface area (Å²) in [6.45, 7) is 4.36. The maximum absolute atomic E-state index is 13.3. The molecule has 20 heavy (non-hydrogen) atoms. The lowest BCUT2D eigenvalue weighted by molar-refractivity contribution is -0.106. The van der Waals surface area contributed by atoms with E-state index in [-0.39, 0.29) is 23.8 Å². The second-order valence-electron chi connectivity index (χ2n) is 5.39. The van der Waals surface area contributed by atoms with Gasteiger partial charge in [-0.3, -0.25) is 0 Å². The van der Waals surface area contributed by atoms with E-state index in [1.165, 1.54) is 12.1 Å². The Kier molecular flexibility index (Phi) is 5.15. The largest absolute Gasteiger partial charge is 0.491 e. The summed E-state index contributed by atoms with van der Waals surface area (Å²) in [6, 6.07) is 4.24. The molecule has 1 saturated heterocycles. The van der Waals surface area contributed by atoms with Gasteiger partial charge in [0.05, 0.1) is 24.9 Å². The quantitative estimate of drug-likeness (QED) is 0.808. The maximum atomic E-state index is 13.3. The van der Waals surface area contributed by atoms with E-state index in [0.29, 0.717) is 6.61 Å². The molecule has 1 aromatic rings. The smallest absolute Gasteiger partial charge is 0.423 e. The van der Waals surface area contributed by atoms with Crippen molar-refractivity contribution in [3.8, 4) is 0 Å². The molecule has 2 unspecified atom stereocenters. The van der Waals surface area contributed by atoms with Gasteiger partial charge in [-0.15, -0.1) is 0 Å². The molecule has 4 nitrogen and oxygen atoms in total. The second kappa shape index (κ2) is 6.67. The SMILES string of the molecule is CC1CC(OCc2ccc(F)c(B(O)O)c2)CC(C)O1. The summed E-state index contributed by atoms with van der Waals surface area (Å²) in [6.07, 6.45) is 2.13. The predicted molar refractivity (Wildman–Crippen MR) is 74.0 cm³/mol. The number of hydrogen-bond acceptors (Lipinski definition) is 4. The first-order valence-corrected chi connectivity index (χ1v) is 6.87. The molecule has 0 radical (unpaired) electrons. The molecule has 0 spiro atoms. The van der Waals surface area contributed by atoms with Crippen LogP contribution in [0.5, 0.6) is 0 Å². The average molecular weight is 282 g/mol. The van der Waals surface area contributed by atoms with Crippen molar-refractivity contribution in [2.24, 2.45) is 0 Å². The van der Waals surface area contributed by atoms with Gasteiger partial charge < -0.3 is 19.5 Å². The highest BCUT2D eigenvalue weighted by Gasteiger charge is 2.25.